The van der Waals surface area contributed by atoms with Gasteiger partial charge in [0.2, 0.25) is 0 Å². The smallest absolute Gasteiger partial charge is 0.105 e. The number of hydrogen-bond donors (Lipinski definition) is 3. The molecule has 0 spiro atoms. The highest BCUT2D eigenvalue weighted by Crippen LogP contribution is 2.25. The van der Waals surface area contributed by atoms with Crippen molar-refractivity contribution in [3.8, 4) is 0 Å². The van der Waals surface area contributed by atoms with Gasteiger partial charge in [-0.3, -0.25) is 0 Å². The molecule has 0 aliphatic carbocycles. The molecule has 2 atom stereocenters. The van der Waals surface area contributed by atoms with Crippen molar-refractivity contribution >= 4 is 31.9 Å². The summed E-state index contributed by atoms with van der Waals surface area (Å²) in [5.74, 6) is 0. The highest BCUT2D eigenvalue weighted by atomic mass is 79.9. The molecule has 0 saturated heterocycles. The van der Waals surface area contributed by atoms with E-state index in [4.69, 9.17) is 5.11 Å². The summed E-state index contributed by atoms with van der Waals surface area (Å²) in [6, 6.07) is 5.17. The maximum atomic E-state index is 9.86. The molecule has 0 radical (unpaired) electrons. The fraction of sp³-hybridized carbons (Fsp3) is 0.455. The molecular formula is C11H14Br2O3. The van der Waals surface area contributed by atoms with E-state index >= 15 is 0 Å². The van der Waals surface area contributed by atoms with Crippen molar-refractivity contribution in [3.05, 3.63) is 33.8 Å². The van der Waals surface area contributed by atoms with Gasteiger partial charge in [-0.25, -0.2) is 0 Å². The number of hydrogen-bond acceptors (Lipinski definition) is 3. The second-order valence-electron chi connectivity index (χ2n) is 3.50. The average molecular weight is 354 g/mol. The molecule has 1 aromatic carbocycles. The SMILES string of the molecule is OCc1cc(C(O)C(O)CCBr)ccc1Br. The summed E-state index contributed by atoms with van der Waals surface area (Å²) in [7, 11) is 0. The Bertz CT molecular complexity index is 344. The Labute approximate surface area is 111 Å². The lowest BCUT2D eigenvalue weighted by atomic mass is 10.0. The minimum absolute atomic E-state index is 0.102. The van der Waals surface area contributed by atoms with Gasteiger partial charge in [-0.2, -0.15) is 0 Å². The molecule has 90 valence electrons. The third kappa shape index (κ3) is 3.53. The first kappa shape index (κ1) is 14.1. The van der Waals surface area contributed by atoms with Gasteiger partial charge in [-0.1, -0.05) is 37.9 Å². The van der Waals surface area contributed by atoms with Crippen LogP contribution < -0.4 is 0 Å². The summed E-state index contributed by atoms with van der Waals surface area (Å²) in [4.78, 5) is 0. The van der Waals surface area contributed by atoms with Crippen LogP contribution in [-0.2, 0) is 6.61 Å². The summed E-state index contributed by atoms with van der Waals surface area (Å²) in [6.07, 6.45) is -1.24. The summed E-state index contributed by atoms with van der Waals surface area (Å²) >= 11 is 6.51. The number of benzene rings is 1. The van der Waals surface area contributed by atoms with Gasteiger partial charge >= 0.3 is 0 Å². The number of aliphatic hydroxyl groups is 3. The molecule has 0 aliphatic rings. The molecule has 0 aliphatic heterocycles. The lowest BCUT2D eigenvalue weighted by molar-refractivity contribution is 0.0172. The molecule has 0 bridgehead atoms. The number of alkyl halides is 1. The van der Waals surface area contributed by atoms with E-state index in [1.54, 1.807) is 18.2 Å². The Morgan fingerprint density at radius 1 is 1.25 bits per heavy atom. The van der Waals surface area contributed by atoms with E-state index in [0.717, 1.165) is 4.47 Å². The quantitative estimate of drug-likeness (QED) is 0.710. The zero-order valence-corrected chi connectivity index (χ0v) is 11.8. The van der Waals surface area contributed by atoms with Crippen molar-refractivity contribution in [2.24, 2.45) is 0 Å². The zero-order chi connectivity index (χ0) is 12.1. The minimum Gasteiger partial charge on any atom is -0.392 e. The van der Waals surface area contributed by atoms with E-state index in [1.807, 2.05) is 0 Å². The first-order chi connectivity index (χ1) is 7.60. The normalized spacial score (nSPS) is 14.8. The van der Waals surface area contributed by atoms with Gasteiger partial charge in [0.1, 0.15) is 6.10 Å². The first-order valence-electron chi connectivity index (χ1n) is 4.91. The van der Waals surface area contributed by atoms with E-state index in [0.29, 0.717) is 22.9 Å². The van der Waals surface area contributed by atoms with Gasteiger partial charge < -0.3 is 15.3 Å². The zero-order valence-electron chi connectivity index (χ0n) is 8.61. The summed E-state index contributed by atoms with van der Waals surface area (Å²) in [5.41, 5.74) is 1.31. The van der Waals surface area contributed by atoms with Crippen LogP contribution in [-0.4, -0.2) is 26.8 Å². The maximum Gasteiger partial charge on any atom is 0.105 e. The predicted molar refractivity (Wildman–Crippen MR) is 69.4 cm³/mol. The summed E-state index contributed by atoms with van der Waals surface area (Å²) in [5, 5.41) is 29.2. The van der Waals surface area contributed by atoms with Crippen molar-refractivity contribution in [1.82, 2.24) is 0 Å². The van der Waals surface area contributed by atoms with Gasteiger partial charge in [0.15, 0.2) is 0 Å². The Morgan fingerprint density at radius 3 is 2.50 bits per heavy atom. The van der Waals surface area contributed by atoms with Crippen molar-refractivity contribution < 1.29 is 15.3 Å². The van der Waals surface area contributed by atoms with Gasteiger partial charge in [0.05, 0.1) is 12.7 Å². The average Bonchev–Trinajstić information content (AvgIpc) is 2.29. The number of halogens is 2. The van der Waals surface area contributed by atoms with E-state index in [-0.39, 0.29) is 6.61 Å². The van der Waals surface area contributed by atoms with Crippen LogP contribution in [0.2, 0.25) is 0 Å². The Hall–Kier alpha value is 0.0600. The molecule has 16 heavy (non-hydrogen) atoms. The van der Waals surface area contributed by atoms with Crippen molar-refractivity contribution in [2.75, 3.05) is 5.33 Å². The number of aliphatic hydroxyl groups excluding tert-OH is 3. The standard InChI is InChI=1S/C11H14Br2O3/c12-4-3-10(15)11(16)7-1-2-9(13)8(5-7)6-14/h1-2,5,10-11,14-16H,3-4,6H2. The molecule has 2 unspecified atom stereocenters. The van der Waals surface area contributed by atoms with Crippen LogP contribution in [0.3, 0.4) is 0 Å². The Kier molecular flexibility index (Phi) is 5.92. The lowest BCUT2D eigenvalue weighted by Gasteiger charge is -2.18. The number of rotatable bonds is 5. The highest BCUT2D eigenvalue weighted by Gasteiger charge is 2.18. The van der Waals surface area contributed by atoms with E-state index in [2.05, 4.69) is 31.9 Å². The maximum absolute atomic E-state index is 9.86. The second kappa shape index (κ2) is 6.71. The van der Waals surface area contributed by atoms with Crippen LogP contribution >= 0.6 is 31.9 Å². The molecule has 5 heteroatoms. The van der Waals surface area contributed by atoms with Gasteiger partial charge in [-0.15, -0.1) is 0 Å². The Morgan fingerprint density at radius 2 is 1.94 bits per heavy atom. The molecule has 1 aromatic rings. The molecule has 0 heterocycles. The summed E-state index contributed by atoms with van der Waals surface area (Å²) < 4.78 is 0.793. The lowest BCUT2D eigenvalue weighted by Crippen LogP contribution is -2.18. The first-order valence-corrected chi connectivity index (χ1v) is 6.83. The topological polar surface area (TPSA) is 60.7 Å². The van der Waals surface area contributed by atoms with Gasteiger partial charge in [0.25, 0.3) is 0 Å². The summed E-state index contributed by atoms with van der Waals surface area (Å²) in [6.45, 7) is -0.102. The molecule has 0 saturated carbocycles. The van der Waals surface area contributed by atoms with Crippen LogP contribution in [0, 0.1) is 0 Å². The van der Waals surface area contributed by atoms with Crippen LogP contribution in [0.4, 0.5) is 0 Å². The van der Waals surface area contributed by atoms with Crippen molar-refractivity contribution in [3.63, 3.8) is 0 Å². The highest BCUT2D eigenvalue weighted by molar-refractivity contribution is 9.10. The molecular weight excluding hydrogens is 340 g/mol. The predicted octanol–water partition coefficient (Wildman–Crippen LogP) is 2.12. The molecule has 0 aromatic heterocycles. The molecule has 1 rings (SSSR count). The monoisotopic (exact) mass is 352 g/mol. The third-order valence-corrected chi connectivity index (χ3v) is 3.58. The van der Waals surface area contributed by atoms with Crippen LogP contribution in [0.25, 0.3) is 0 Å². The van der Waals surface area contributed by atoms with Crippen LogP contribution in [0.1, 0.15) is 23.7 Å². The minimum atomic E-state index is -0.920. The van der Waals surface area contributed by atoms with Gasteiger partial charge in [0, 0.05) is 9.80 Å². The molecule has 0 fully saturated rings. The second-order valence-corrected chi connectivity index (χ2v) is 5.15. The molecule has 0 amide bonds. The van der Waals surface area contributed by atoms with E-state index in [1.165, 1.54) is 0 Å². The molecule has 3 N–H and O–H groups in total. The van der Waals surface area contributed by atoms with Crippen molar-refractivity contribution in [1.29, 1.82) is 0 Å². The van der Waals surface area contributed by atoms with Crippen molar-refractivity contribution in [2.45, 2.75) is 25.2 Å². The van der Waals surface area contributed by atoms with Gasteiger partial charge in [-0.05, 0) is 29.7 Å². The van der Waals surface area contributed by atoms with E-state index < -0.39 is 12.2 Å². The fourth-order valence-electron chi connectivity index (χ4n) is 1.39. The Balaban J connectivity index is 2.87. The fourth-order valence-corrected chi connectivity index (χ4v) is 2.23. The van der Waals surface area contributed by atoms with Crippen LogP contribution in [0.5, 0.6) is 0 Å². The van der Waals surface area contributed by atoms with Crippen LogP contribution in [0.15, 0.2) is 22.7 Å². The molecule has 3 nitrogen and oxygen atoms in total. The van der Waals surface area contributed by atoms with E-state index in [9.17, 15) is 10.2 Å². The third-order valence-electron chi connectivity index (χ3n) is 2.35. The largest absolute Gasteiger partial charge is 0.392 e.